The zero-order valence-electron chi connectivity index (χ0n) is 14.4. The van der Waals surface area contributed by atoms with Gasteiger partial charge in [-0.05, 0) is 37.1 Å². The number of nitrogens with two attached hydrogens (primary N) is 1. The normalized spacial score (nSPS) is 12.0. The summed E-state index contributed by atoms with van der Waals surface area (Å²) in [6, 6.07) is 15.5. The van der Waals surface area contributed by atoms with Crippen molar-refractivity contribution in [2.75, 3.05) is 13.7 Å². The molecular formula is C19H22N4O2. The van der Waals surface area contributed by atoms with E-state index in [1.54, 1.807) is 7.11 Å². The molecule has 0 unspecified atom stereocenters. The van der Waals surface area contributed by atoms with Crippen molar-refractivity contribution in [2.45, 2.75) is 19.4 Å². The molecule has 1 atom stereocenters. The molecule has 6 nitrogen and oxygen atoms in total. The van der Waals surface area contributed by atoms with E-state index in [4.69, 9.17) is 15.2 Å². The van der Waals surface area contributed by atoms with Crippen LogP contribution in [0.25, 0.3) is 11.4 Å². The molecule has 0 aliphatic heterocycles. The molecule has 2 aromatic carbocycles. The van der Waals surface area contributed by atoms with Crippen molar-refractivity contribution < 1.29 is 9.47 Å². The second kappa shape index (κ2) is 7.81. The molecule has 0 spiro atoms. The van der Waals surface area contributed by atoms with Crippen LogP contribution in [0.3, 0.4) is 0 Å². The average molecular weight is 338 g/mol. The Kier molecular flexibility index (Phi) is 5.30. The molecule has 130 valence electrons. The summed E-state index contributed by atoms with van der Waals surface area (Å²) < 4.78 is 10.9. The number of nitrogens with zero attached hydrogens (tertiary/aromatic N) is 2. The standard InChI is InChI=1S/C19H22N4O2/c1-3-25-16-10-9-14(12-17(16)24-2)18-21-19(23-22-18)15(20)11-13-7-5-4-6-8-13/h4-10,12,15H,3,11,20H2,1-2H3,(H,21,22,23)/t15-/m0/s1. The second-order valence-corrected chi connectivity index (χ2v) is 5.64. The molecule has 6 heteroatoms. The van der Waals surface area contributed by atoms with Gasteiger partial charge in [-0.25, -0.2) is 4.98 Å². The van der Waals surface area contributed by atoms with E-state index in [2.05, 4.69) is 27.3 Å². The maximum atomic E-state index is 6.26. The Hall–Kier alpha value is -2.86. The van der Waals surface area contributed by atoms with E-state index >= 15 is 0 Å². The number of benzene rings is 2. The van der Waals surface area contributed by atoms with E-state index in [1.807, 2.05) is 43.3 Å². The van der Waals surface area contributed by atoms with Gasteiger partial charge >= 0.3 is 0 Å². The third kappa shape index (κ3) is 3.97. The van der Waals surface area contributed by atoms with Crippen molar-refractivity contribution in [1.29, 1.82) is 0 Å². The third-order valence-electron chi connectivity index (χ3n) is 3.87. The van der Waals surface area contributed by atoms with Gasteiger partial charge in [-0.2, -0.15) is 5.10 Å². The number of aromatic nitrogens is 3. The first kappa shape index (κ1) is 17.0. The first-order valence-corrected chi connectivity index (χ1v) is 8.24. The van der Waals surface area contributed by atoms with Gasteiger partial charge in [0.2, 0.25) is 0 Å². The van der Waals surface area contributed by atoms with E-state index in [9.17, 15) is 0 Å². The molecule has 25 heavy (non-hydrogen) atoms. The fourth-order valence-electron chi connectivity index (χ4n) is 2.62. The Labute approximate surface area is 147 Å². The Morgan fingerprint density at radius 3 is 2.64 bits per heavy atom. The molecule has 3 rings (SSSR count). The lowest BCUT2D eigenvalue weighted by Crippen LogP contribution is -2.15. The zero-order chi connectivity index (χ0) is 17.6. The van der Waals surface area contributed by atoms with Gasteiger partial charge in [0.25, 0.3) is 0 Å². The molecule has 1 aromatic heterocycles. The fraction of sp³-hybridized carbons (Fsp3) is 0.263. The van der Waals surface area contributed by atoms with Crippen LogP contribution in [0.2, 0.25) is 0 Å². The Balaban J connectivity index is 1.79. The largest absolute Gasteiger partial charge is 0.493 e. The van der Waals surface area contributed by atoms with Crippen LogP contribution in [0.5, 0.6) is 11.5 Å². The van der Waals surface area contributed by atoms with Crippen LogP contribution in [0.15, 0.2) is 48.5 Å². The Morgan fingerprint density at radius 1 is 1.12 bits per heavy atom. The summed E-state index contributed by atoms with van der Waals surface area (Å²) >= 11 is 0. The molecule has 0 aliphatic carbocycles. The summed E-state index contributed by atoms with van der Waals surface area (Å²) in [6.45, 7) is 2.51. The molecule has 3 N–H and O–H groups in total. The molecule has 0 aliphatic rings. The highest BCUT2D eigenvalue weighted by molar-refractivity contribution is 5.60. The second-order valence-electron chi connectivity index (χ2n) is 5.64. The van der Waals surface area contributed by atoms with Crippen LogP contribution in [0, 0.1) is 0 Å². The van der Waals surface area contributed by atoms with Crippen molar-refractivity contribution in [1.82, 2.24) is 15.2 Å². The van der Waals surface area contributed by atoms with Crippen LogP contribution in [-0.2, 0) is 6.42 Å². The zero-order valence-corrected chi connectivity index (χ0v) is 14.4. The number of hydrogen-bond acceptors (Lipinski definition) is 5. The van der Waals surface area contributed by atoms with Gasteiger partial charge in [0.1, 0.15) is 5.82 Å². The first-order valence-electron chi connectivity index (χ1n) is 8.24. The number of aromatic amines is 1. The lowest BCUT2D eigenvalue weighted by molar-refractivity contribution is 0.311. The molecule has 3 aromatic rings. The maximum absolute atomic E-state index is 6.26. The van der Waals surface area contributed by atoms with Gasteiger partial charge in [-0.15, -0.1) is 0 Å². The predicted octanol–water partition coefficient (Wildman–Crippen LogP) is 3.12. The maximum Gasteiger partial charge on any atom is 0.181 e. The van der Waals surface area contributed by atoms with E-state index in [1.165, 1.54) is 0 Å². The number of hydrogen-bond donors (Lipinski definition) is 2. The molecular weight excluding hydrogens is 316 g/mol. The summed E-state index contributed by atoms with van der Waals surface area (Å²) in [5, 5.41) is 7.23. The number of H-pyrrole nitrogens is 1. The molecule has 0 saturated carbocycles. The van der Waals surface area contributed by atoms with E-state index in [0.717, 1.165) is 11.1 Å². The van der Waals surface area contributed by atoms with Crippen molar-refractivity contribution in [3.05, 3.63) is 59.9 Å². The van der Waals surface area contributed by atoms with Crippen LogP contribution >= 0.6 is 0 Å². The average Bonchev–Trinajstić information content (AvgIpc) is 3.13. The Morgan fingerprint density at radius 2 is 1.92 bits per heavy atom. The monoisotopic (exact) mass is 338 g/mol. The molecule has 0 fully saturated rings. The topological polar surface area (TPSA) is 86.0 Å². The summed E-state index contributed by atoms with van der Waals surface area (Å²) in [5.41, 5.74) is 8.26. The van der Waals surface area contributed by atoms with Gasteiger partial charge in [0.15, 0.2) is 17.3 Å². The number of methoxy groups -OCH3 is 1. The van der Waals surface area contributed by atoms with Crippen molar-refractivity contribution in [2.24, 2.45) is 5.73 Å². The van der Waals surface area contributed by atoms with Gasteiger partial charge < -0.3 is 15.2 Å². The van der Waals surface area contributed by atoms with Crippen LogP contribution in [0.1, 0.15) is 24.4 Å². The van der Waals surface area contributed by atoms with E-state index < -0.39 is 0 Å². The van der Waals surface area contributed by atoms with Gasteiger partial charge in [-0.1, -0.05) is 30.3 Å². The minimum absolute atomic E-state index is 0.242. The summed E-state index contributed by atoms with van der Waals surface area (Å²) in [5.74, 6) is 2.59. The number of rotatable bonds is 7. The minimum atomic E-state index is -0.242. The smallest absolute Gasteiger partial charge is 0.181 e. The van der Waals surface area contributed by atoms with Gasteiger partial charge in [0.05, 0.1) is 19.8 Å². The molecule has 0 bridgehead atoms. The third-order valence-corrected chi connectivity index (χ3v) is 3.87. The molecule has 1 heterocycles. The highest BCUT2D eigenvalue weighted by atomic mass is 16.5. The van der Waals surface area contributed by atoms with E-state index in [-0.39, 0.29) is 6.04 Å². The Bertz CT molecular complexity index is 817. The van der Waals surface area contributed by atoms with Crippen molar-refractivity contribution in [3.8, 4) is 22.9 Å². The molecule has 0 saturated heterocycles. The predicted molar refractivity (Wildman–Crippen MR) is 96.6 cm³/mol. The number of nitrogens with one attached hydrogen (secondary N) is 1. The van der Waals surface area contributed by atoms with Crippen LogP contribution in [0.4, 0.5) is 0 Å². The lowest BCUT2D eigenvalue weighted by Gasteiger charge is -2.10. The highest BCUT2D eigenvalue weighted by Crippen LogP contribution is 2.31. The quantitative estimate of drug-likeness (QED) is 0.691. The lowest BCUT2D eigenvalue weighted by atomic mass is 10.1. The van der Waals surface area contributed by atoms with Gasteiger partial charge in [0, 0.05) is 5.56 Å². The summed E-state index contributed by atoms with van der Waals surface area (Å²) in [7, 11) is 1.61. The minimum Gasteiger partial charge on any atom is -0.493 e. The van der Waals surface area contributed by atoms with Gasteiger partial charge in [-0.3, -0.25) is 5.10 Å². The first-order chi connectivity index (χ1) is 12.2. The molecule has 0 amide bonds. The highest BCUT2D eigenvalue weighted by Gasteiger charge is 2.15. The van der Waals surface area contributed by atoms with Crippen LogP contribution < -0.4 is 15.2 Å². The summed E-state index contributed by atoms with van der Waals surface area (Å²) in [6.07, 6.45) is 0.697. The van der Waals surface area contributed by atoms with E-state index in [0.29, 0.717) is 36.2 Å². The number of ether oxygens (including phenoxy) is 2. The summed E-state index contributed by atoms with van der Waals surface area (Å²) in [4.78, 5) is 4.54. The van der Waals surface area contributed by atoms with Crippen LogP contribution in [-0.4, -0.2) is 28.9 Å². The SMILES string of the molecule is CCOc1ccc(-c2n[nH]c([C@@H](N)Cc3ccccc3)n2)cc1OC. The molecule has 0 radical (unpaired) electrons. The fourth-order valence-corrected chi connectivity index (χ4v) is 2.62. The van der Waals surface area contributed by atoms with Crippen molar-refractivity contribution >= 4 is 0 Å². The van der Waals surface area contributed by atoms with Crippen molar-refractivity contribution in [3.63, 3.8) is 0 Å².